The smallest absolute Gasteiger partial charge is 0.152 e. The van der Waals surface area contributed by atoms with E-state index in [0.717, 1.165) is 37.6 Å². The minimum Gasteiger partial charge on any atom is -0.396 e. The van der Waals surface area contributed by atoms with Gasteiger partial charge in [0.15, 0.2) is 5.82 Å². The Hall–Kier alpha value is -1.29. The van der Waals surface area contributed by atoms with E-state index in [-0.39, 0.29) is 0 Å². The van der Waals surface area contributed by atoms with Crippen LogP contribution in [0.5, 0.6) is 0 Å². The number of hydrogen-bond donors (Lipinski definition) is 1. The van der Waals surface area contributed by atoms with E-state index in [2.05, 4.69) is 28.8 Å². The first-order valence-corrected chi connectivity index (χ1v) is 5.84. The Morgan fingerprint density at radius 1 is 1.44 bits per heavy atom. The van der Waals surface area contributed by atoms with Gasteiger partial charge in [-0.2, -0.15) is 0 Å². The highest BCUT2D eigenvalue weighted by atomic mass is 15.3. The van der Waals surface area contributed by atoms with Gasteiger partial charge in [-0.25, -0.2) is 4.98 Å². The van der Waals surface area contributed by atoms with Crippen LogP contribution in [0, 0.1) is 0 Å². The Balaban J connectivity index is 2.22. The summed E-state index contributed by atoms with van der Waals surface area (Å²) in [6.45, 7) is 5.48. The van der Waals surface area contributed by atoms with Crippen LogP contribution in [0.1, 0.15) is 13.3 Å². The van der Waals surface area contributed by atoms with Crippen molar-refractivity contribution in [2.45, 2.75) is 19.4 Å². The molecular formula is C12H20N4. The molecule has 1 unspecified atom stereocenters. The van der Waals surface area contributed by atoms with Crippen molar-refractivity contribution in [1.82, 2.24) is 9.88 Å². The Kier molecular flexibility index (Phi) is 3.29. The lowest BCUT2D eigenvalue weighted by molar-refractivity contribution is 0.337. The van der Waals surface area contributed by atoms with Crippen LogP contribution in [-0.2, 0) is 0 Å². The summed E-state index contributed by atoms with van der Waals surface area (Å²) < 4.78 is 0. The Morgan fingerprint density at radius 3 is 3.00 bits per heavy atom. The molecule has 4 nitrogen and oxygen atoms in total. The van der Waals surface area contributed by atoms with Crippen LogP contribution in [0.4, 0.5) is 11.5 Å². The predicted molar refractivity (Wildman–Crippen MR) is 67.6 cm³/mol. The molecule has 0 saturated carbocycles. The minimum atomic E-state index is 0.463. The highest BCUT2D eigenvalue weighted by Gasteiger charge is 2.21. The maximum Gasteiger partial charge on any atom is 0.152 e. The van der Waals surface area contributed by atoms with Crippen LogP contribution in [-0.4, -0.2) is 42.6 Å². The zero-order chi connectivity index (χ0) is 11.5. The topological polar surface area (TPSA) is 45.4 Å². The zero-order valence-corrected chi connectivity index (χ0v) is 10.1. The summed E-state index contributed by atoms with van der Waals surface area (Å²) in [5.41, 5.74) is 6.76. The number of pyridine rings is 1. The molecule has 2 rings (SSSR count). The summed E-state index contributed by atoms with van der Waals surface area (Å²) in [4.78, 5) is 9.08. The summed E-state index contributed by atoms with van der Waals surface area (Å²) in [5.74, 6) is 0.935. The molecule has 1 aliphatic rings. The summed E-state index contributed by atoms with van der Waals surface area (Å²) in [7, 11) is 2.17. The van der Waals surface area contributed by atoms with Gasteiger partial charge in [-0.05, 0) is 39.1 Å². The van der Waals surface area contributed by atoms with Crippen molar-refractivity contribution >= 4 is 11.5 Å². The largest absolute Gasteiger partial charge is 0.396 e. The van der Waals surface area contributed by atoms with Crippen LogP contribution < -0.4 is 10.6 Å². The van der Waals surface area contributed by atoms with E-state index in [0.29, 0.717) is 6.04 Å². The van der Waals surface area contributed by atoms with Crippen molar-refractivity contribution in [2.24, 2.45) is 0 Å². The molecule has 0 radical (unpaired) electrons. The van der Waals surface area contributed by atoms with Crippen LogP contribution >= 0.6 is 0 Å². The molecule has 0 bridgehead atoms. The molecule has 1 aromatic heterocycles. The van der Waals surface area contributed by atoms with E-state index in [1.165, 1.54) is 0 Å². The van der Waals surface area contributed by atoms with Gasteiger partial charge in [-0.1, -0.05) is 0 Å². The second-order valence-corrected chi connectivity index (χ2v) is 4.57. The number of rotatable bonds is 1. The summed E-state index contributed by atoms with van der Waals surface area (Å²) in [6.07, 6.45) is 2.98. The molecule has 4 heteroatoms. The lowest BCUT2D eigenvalue weighted by Crippen LogP contribution is -2.38. The maximum atomic E-state index is 5.98. The zero-order valence-electron chi connectivity index (χ0n) is 10.1. The molecule has 1 atom stereocenters. The highest BCUT2D eigenvalue weighted by molar-refractivity contribution is 5.62. The molecule has 2 N–H and O–H groups in total. The molecule has 0 aliphatic carbocycles. The molecule has 0 amide bonds. The second-order valence-electron chi connectivity index (χ2n) is 4.57. The predicted octanol–water partition coefficient (Wildman–Crippen LogP) is 1.19. The molecule has 1 aliphatic heterocycles. The molecule has 2 heterocycles. The van der Waals surface area contributed by atoms with Crippen LogP contribution in [0.15, 0.2) is 18.3 Å². The number of aromatic nitrogens is 1. The monoisotopic (exact) mass is 220 g/mol. The van der Waals surface area contributed by atoms with Crippen molar-refractivity contribution in [1.29, 1.82) is 0 Å². The van der Waals surface area contributed by atoms with E-state index in [4.69, 9.17) is 5.73 Å². The Bertz CT molecular complexity index is 353. The van der Waals surface area contributed by atoms with Crippen molar-refractivity contribution in [3.8, 4) is 0 Å². The summed E-state index contributed by atoms with van der Waals surface area (Å²) in [6, 6.07) is 4.27. The average molecular weight is 220 g/mol. The third-order valence-electron chi connectivity index (χ3n) is 3.14. The molecule has 1 aromatic rings. The molecule has 1 fully saturated rings. The fraction of sp³-hybridized carbons (Fsp3) is 0.583. The third kappa shape index (κ3) is 2.27. The number of anilines is 2. The van der Waals surface area contributed by atoms with Gasteiger partial charge in [0, 0.05) is 25.3 Å². The van der Waals surface area contributed by atoms with Crippen LogP contribution in [0.25, 0.3) is 0 Å². The molecule has 16 heavy (non-hydrogen) atoms. The number of likely N-dealkylation sites (N-methyl/N-ethyl adjacent to an activating group) is 1. The average Bonchev–Trinajstić information content (AvgIpc) is 2.40. The van der Waals surface area contributed by atoms with E-state index in [1.54, 1.807) is 0 Å². The number of hydrogen-bond acceptors (Lipinski definition) is 4. The van der Waals surface area contributed by atoms with Gasteiger partial charge < -0.3 is 15.5 Å². The summed E-state index contributed by atoms with van der Waals surface area (Å²) >= 11 is 0. The van der Waals surface area contributed by atoms with E-state index in [9.17, 15) is 0 Å². The van der Waals surface area contributed by atoms with Crippen molar-refractivity contribution in [3.05, 3.63) is 18.3 Å². The quantitative estimate of drug-likeness (QED) is 0.772. The van der Waals surface area contributed by atoms with Gasteiger partial charge in [-0.15, -0.1) is 0 Å². The number of nitrogens with zero attached hydrogens (tertiary/aromatic N) is 3. The first-order valence-electron chi connectivity index (χ1n) is 5.84. The summed E-state index contributed by atoms with van der Waals surface area (Å²) in [5, 5.41) is 0. The van der Waals surface area contributed by atoms with Gasteiger partial charge in [0.2, 0.25) is 0 Å². The normalized spacial score (nSPS) is 23.1. The molecule has 0 aromatic carbocycles. The Morgan fingerprint density at radius 2 is 2.25 bits per heavy atom. The maximum absolute atomic E-state index is 5.98. The van der Waals surface area contributed by atoms with Crippen LogP contribution in [0.3, 0.4) is 0 Å². The molecule has 0 spiro atoms. The van der Waals surface area contributed by atoms with Gasteiger partial charge in [0.1, 0.15) is 0 Å². The lowest BCUT2D eigenvalue weighted by Gasteiger charge is -2.29. The fourth-order valence-corrected chi connectivity index (χ4v) is 2.34. The van der Waals surface area contributed by atoms with Gasteiger partial charge in [-0.3, -0.25) is 0 Å². The van der Waals surface area contributed by atoms with Gasteiger partial charge in [0.05, 0.1) is 5.69 Å². The first-order chi connectivity index (χ1) is 7.68. The van der Waals surface area contributed by atoms with Crippen molar-refractivity contribution in [3.63, 3.8) is 0 Å². The number of nitrogen functional groups attached to an aromatic ring is 1. The van der Waals surface area contributed by atoms with Gasteiger partial charge >= 0.3 is 0 Å². The molecule has 1 saturated heterocycles. The van der Waals surface area contributed by atoms with E-state index >= 15 is 0 Å². The van der Waals surface area contributed by atoms with E-state index in [1.807, 2.05) is 18.3 Å². The first kappa shape index (κ1) is 11.2. The van der Waals surface area contributed by atoms with Crippen molar-refractivity contribution in [2.75, 3.05) is 37.3 Å². The number of nitrogens with two attached hydrogens (primary N) is 1. The Labute approximate surface area is 97.1 Å². The minimum absolute atomic E-state index is 0.463. The standard InChI is InChI=1S/C12H20N4/c1-10-9-15(2)7-4-8-16(10)12-11(13)5-3-6-14-12/h3,5-6,10H,4,7-9,13H2,1-2H3. The lowest BCUT2D eigenvalue weighted by atomic mass is 10.2. The van der Waals surface area contributed by atoms with E-state index < -0.39 is 0 Å². The van der Waals surface area contributed by atoms with Crippen LogP contribution in [0.2, 0.25) is 0 Å². The van der Waals surface area contributed by atoms with Crippen molar-refractivity contribution < 1.29 is 0 Å². The third-order valence-corrected chi connectivity index (χ3v) is 3.14. The van der Waals surface area contributed by atoms with Gasteiger partial charge in [0.25, 0.3) is 0 Å². The second kappa shape index (κ2) is 4.70. The fourth-order valence-electron chi connectivity index (χ4n) is 2.34. The highest BCUT2D eigenvalue weighted by Crippen LogP contribution is 2.23. The molecular weight excluding hydrogens is 200 g/mol. The molecule has 88 valence electrons. The SMILES string of the molecule is CC1CN(C)CCCN1c1ncccc1N.